The van der Waals surface area contributed by atoms with Crippen molar-refractivity contribution in [3.8, 4) is 0 Å². The Morgan fingerprint density at radius 2 is 1.76 bits per heavy atom. The summed E-state index contributed by atoms with van der Waals surface area (Å²) in [6.07, 6.45) is 0. The smallest absolute Gasteiger partial charge is 0.275 e. The standard InChI is InChI=1S/C15H14Br2N2O2/c1-10(11-2-5-13(16)6-3-11)18-9-12-4-7-14(17)8-15(12)19(20)21/h2-8,10,18H,9H2,1H3/t10-/m0/s1. The van der Waals surface area contributed by atoms with Gasteiger partial charge in [-0.25, -0.2) is 0 Å². The van der Waals surface area contributed by atoms with Crippen LogP contribution in [0.25, 0.3) is 0 Å². The minimum Gasteiger partial charge on any atom is -0.306 e. The molecule has 0 saturated carbocycles. The number of nitrogens with one attached hydrogen (secondary N) is 1. The summed E-state index contributed by atoms with van der Waals surface area (Å²) in [5, 5.41) is 14.4. The minimum absolute atomic E-state index is 0.112. The number of benzene rings is 2. The van der Waals surface area contributed by atoms with Crippen LogP contribution in [0.5, 0.6) is 0 Å². The average molecular weight is 414 g/mol. The summed E-state index contributed by atoms with van der Waals surface area (Å²) in [5.74, 6) is 0. The maximum absolute atomic E-state index is 11.1. The Labute approximate surface area is 140 Å². The van der Waals surface area contributed by atoms with Crippen LogP contribution in [-0.4, -0.2) is 4.92 Å². The van der Waals surface area contributed by atoms with Gasteiger partial charge in [0, 0.05) is 33.2 Å². The van der Waals surface area contributed by atoms with Gasteiger partial charge in [-0.1, -0.05) is 44.0 Å². The Kier molecular flexibility index (Phi) is 5.50. The molecule has 0 amide bonds. The predicted molar refractivity (Wildman–Crippen MR) is 90.2 cm³/mol. The van der Waals surface area contributed by atoms with E-state index in [1.54, 1.807) is 6.07 Å². The molecule has 0 radical (unpaired) electrons. The highest BCUT2D eigenvalue weighted by molar-refractivity contribution is 9.10. The van der Waals surface area contributed by atoms with Crippen molar-refractivity contribution in [2.24, 2.45) is 0 Å². The van der Waals surface area contributed by atoms with Gasteiger partial charge in [0.2, 0.25) is 0 Å². The first-order valence-corrected chi connectivity index (χ1v) is 7.97. The number of nitro benzene ring substituents is 1. The van der Waals surface area contributed by atoms with E-state index in [0.717, 1.165) is 10.0 Å². The van der Waals surface area contributed by atoms with Crippen LogP contribution in [-0.2, 0) is 6.54 Å². The van der Waals surface area contributed by atoms with Gasteiger partial charge in [0.1, 0.15) is 0 Å². The SMILES string of the molecule is C[C@H](NCc1ccc(Br)cc1[N+](=O)[O-])c1ccc(Br)cc1. The Morgan fingerprint density at radius 3 is 2.38 bits per heavy atom. The maximum Gasteiger partial charge on any atom is 0.275 e. The van der Waals surface area contributed by atoms with Crippen molar-refractivity contribution < 1.29 is 4.92 Å². The lowest BCUT2D eigenvalue weighted by atomic mass is 10.1. The van der Waals surface area contributed by atoms with Gasteiger partial charge in [0.05, 0.1) is 4.92 Å². The average Bonchev–Trinajstić information content (AvgIpc) is 2.46. The van der Waals surface area contributed by atoms with E-state index in [1.165, 1.54) is 6.07 Å². The molecular weight excluding hydrogens is 400 g/mol. The molecule has 21 heavy (non-hydrogen) atoms. The lowest BCUT2D eigenvalue weighted by molar-refractivity contribution is -0.385. The summed E-state index contributed by atoms with van der Waals surface area (Å²) in [5.41, 5.74) is 1.94. The van der Waals surface area contributed by atoms with Gasteiger partial charge >= 0.3 is 0 Å². The quantitative estimate of drug-likeness (QED) is 0.556. The Hall–Kier alpha value is -1.24. The third-order valence-electron chi connectivity index (χ3n) is 3.21. The summed E-state index contributed by atoms with van der Waals surface area (Å²) in [6.45, 7) is 2.48. The third kappa shape index (κ3) is 4.36. The Morgan fingerprint density at radius 1 is 1.14 bits per heavy atom. The van der Waals surface area contributed by atoms with Crippen molar-refractivity contribution in [1.29, 1.82) is 0 Å². The highest BCUT2D eigenvalue weighted by atomic mass is 79.9. The normalized spacial score (nSPS) is 12.1. The van der Waals surface area contributed by atoms with E-state index in [0.29, 0.717) is 16.6 Å². The molecule has 0 unspecified atom stereocenters. The zero-order valence-electron chi connectivity index (χ0n) is 11.3. The Bertz CT molecular complexity index is 645. The summed E-state index contributed by atoms with van der Waals surface area (Å²) in [7, 11) is 0. The molecule has 0 fully saturated rings. The van der Waals surface area contributed by atoms with Crippen LogP contribution in [0, 0.1) is 10.1 Å². The van der Waals surface area contributed by atoms with Gasteiger partial charge in [0.25, 0.3) is 5.69 Å². The van der Waals surface area contributed by atoms with Crippen LogP contribution in [0.3, 0.4) is 0 Å². The van der Waals surface area contributed by atoms with E-state index < -0.39 is 0 Å². The molecule has 0 spiro atoms. The highest BCUT2D eigenvalue weighted by Crippen LogP contribution is 2.24. The van der Waals surface area contributed by atoms with Gasteiger partial charge in [0.15, 0.2) is 0 Å². The van der Waals surface area contributed by atoms with Crippen LogP contribution in [0.15, 0.2) is 51.4 Å². The van der Waals surface area contributed by atoms with Crippen LogP contribution in [0.1, 0.15) is 24.1 Å². The fourth-order valence-corrected chi connectivity index (χ4v) is 2.60. The van der Waals surface area contributed by atoms with Gasteiger partial charge in [-0.3, -0.25) is 10.1 Å². The predicted octanol–water partition coefficient (Wildman–Crippen LogP) is 4.97. The van der Waals surface area contributed by atoms with Gasteiger partial charge in [-0.05, 0) is 36.8 Å². The fraction of sp³-hybridized carbons (Fsp3) is 0.200. The monoisotopic (exact) mass is 412 g/mol. The molecular formula is C15H14Br2N2O2. The van der Waals surface area contributed by atoms with Crippen molar-refractivity contribution in [1.82, 2.24) is 5.32 Å². The first kappa shape index (κ1) is 16.1. The van der Waals surface area contributed by atoms with Crippen molar-refractivity contribution in [2.75, 3.05) is 0 Å². The van der Waals surface area contributed by atoms with Gasteiger partial charge in [-0.2, -0.15) is 0 Å². The lowest BCUT2D eigenvalue weighted by Crippen LogP contribution is -2.18. The number of nitro groups is 1. The second kappa shape index (κ2) is 7.15. The molecule has 0 saturated heterocycles. The largest absolute Gasteiger partial charge is 0.306 e. The molecule has 0 aliphatic heterocycles. The molecule has 2 rings (SSSR count). The highest BCUT2D eigenvalue weighted by Gasteiger charge is 2.15. The van der Waals surface area contributed by atoms with Crippen molar-refractivity contribution in [3.63, 3.8) is 0 Å². The second-order valence-electron chi connectivity index (χ2n) is 4.68. The zero-order valence-corrected chi connectivity index (χ0v) is 14.5. The number of hydrogen-bond donors (Lipinski definition) is 1. The summed E-state index contributed by atoms with van der Waals surface area (Å²) >= 11 is 6.66. The zero-order chi connectivity index (χ0) is 15.4. The minimum atomic E-state index is -0.355. The molecule has 110 valence electrons. The summed E-state index contributed by atoms with van der Waals surface area (Å²) in [6, 6.07) is 13.2. The van der Waals surface area contributed by atoms with E-state index in [2.05, 4.69) is 37.2 Å². The van der Waals surface area contributed by atoms with E-state index in [9.17, 15) is 10.1 Å². The third-order valence-corrected chi connectivity index (χ3v) is 4.23. The second-order valence-corrected chi connectivity index (χ2v) is 6.52. The number of hydrogen-bond acceptors (Lipinski definition) is 3. The molecule has 0 heterocycles. The number of rotatable bonds is 5. The molecule has 0 aliphatic carbocycles. The first-order chi connectivity index (χ1) is 9.97. The van der Waals surface area contributed by atoms with E-state index in [4.69, 9.17) is 0 Å². The van der Waals surface area contributed by atoms with Crippen molar-refractivity contribution in [3.05, 3.63) is 72.7 Å². The Balaban J connectivity index is 2.09. The van der Waals surface area contributed by atoms with Crippen LogP contribution in [0.2, 0.25) is 0 Å². The number of nitrogens with zero attached hydrogens (tertiary/aromatic N) is 1. The molecule has 1 atom stereocenters. The first-order valence-electron chi connectivity index (χ1n) is 6.39. The molecule has 0 aromatic heterocycles. The number of halogens is 2. The molecule has 1 N–H and O–H groups in total. The molecule has 0 aliphatic rings. The van der Waals surface area contributed by atoms with E-state index in [1.807, 2.05) is 37.3 Å². The maximum atomic E-state index is 11.1. The van der Waals surface area contributed by atoms with Crippen molar-refractivity contribution >= 4 is 37.5 Å². The van der Waals surface area contributed by atoms with Crippen molar-refractivity contribution in [2.45, 2.75) is 19.5 Å². The molecule has 2 aromatic carbocycles. The molecule has 2 aromatic rings. The molecule has 4 nitrogen and oxygen atoms in total. The van der Waals surface area contributed by atoms with Crippen LogP contribution in [0.4, 0.5) is 5.69 Å². The topological polar surface area (TPSA) is 55.2 Å². The summed E-state index contributed by atoms with van der Waals surface area (Å²) < 4.78 is 1.74. The van der Waals surface area contributed by atoms with E-state index >= 15 is 0 Å². The fourth-order valence-electron chi connectivity index (χ4n) is 1.99. The van der Waals surface area contributed by atoms with Gasteiger partial charge in [-0.15, -0.1) is 0 Å². The summed E-state index contributed by atoms with van der Waals surface area (Å²) in [4.78, 5) is 10.7. The van der Waals surface area contributed by atoms with Crippen LogP contribution < -0.4 is 5.32 Å². The van der Waals surface area contributed by atoms with E-state index in [-0.39, 0.29) is 16.7 Å². The lowest BCUT2D eigenvalue weighted by Gasteiger charge is -2.14. The molecule has 6 heteroatoms. The van der Waals surface area contributed by atoms with Crippen LogP contribution >= 0.6 is 31.9 Å². The molecule has 0 bridgehead atoms. The van der Waals surface area contributed by atoms with Gasteiger partial charge < -0.3 is 5.32 Å².